The van der Waals surface area contributed by atoms with E-state index < -0.39 is 5.60 Å². The summed E-state index contributed by atoms with van der Waals surface area (Å²) in [5, 5.41) is 12.8. The SMILES string of the molecule is CC(C)(C)OC(=O)N1CCCCC1CNC(CCO)C(C)(C)C. The van der Waals surface area contributed by atoms with Crippen molar-refractivity contribution in [2.75, 3.05) is 19.7 Å². The summed E-state index contributed by atoms with van der Waals surface area (Å²) in [6.45, 7) is 13.9. The van der Waals surface area contributed by atoms with Crippen LogP contribution in [-0.4, -0.2) is 53.5 Å². The predicted molar refractivity (Wildman–Crippen MR) is 93.5 cm³/mol. The van der Waals surface area contributed by atoms with Crippen LogP contribution in [0.1, 0.15) is 67.2 Å². The van der Waals surface area contributed by atoms with Gasteiger partial charge in [-0.15, -0.1) is 0 Å². The number of carbonyl (C=O) groups excluding carboxylic acids is 1. The molecule has 1 heterocycles. The number of ether oxygens (including phenoxy) is 1. The third kappa shape index (κ3) is 7.08. The van der Waals surface area contributed by atoms with Crippen LogP contribution in [-0.2, 0) is 4.74 Å². The van der Waals surface area contributed by atoms with Crippen LogP contribution >= 0.6 is 0 Å². The van der Waals surface area contributed by atoms with Gasteiger partial charge in [0.25, 0.3) is 0 Å². The van der Waals surface area contributed by atoms with Crippen LogP contribution in [0.3, 0.4) is 0 Å². The van der Waals surface area contributed by atoms with Crippen molar-refractivity contribution in [1.82, 2.24) is 10.2 Å². The van der Waals surface area contributed by atoms with Crippen molar-refractivity contribution in [1.29, 1.82) is 0 Å². The Morgan fingerprint density at radius 1 is 1.26 bits per heavy atom. The molecule has 0 aromatic carbocycles. The summed E-state index contributed by atoms with van der Waals surface area (Å²) in [4.78, 5) is 14.3. The second kappa shape index (κ2) is 8.34. The van der Waals surface area contributed by atoms with Crippen molar-refractivity contribution >= 4 is 6.09 Å². The van der Waals surface area contributed by atoms with E-state index in [0.29, 0.717) is 0 Å². The normalized spacial score (nSPS) is 21.2. The van der Waals surface area contributed by atoms with Crippen molar-refractivity contribution < 1.29 is 14.6 Å². The van der Waals surface area contributed by atoms with Crippen LogP contribution < -0.4 is 5.32 Å². The monoisotopic (exact) mass is 328 g/mol. The van der Waals surface area contributed by atoms with Crippen LogP contribution in [0, 0.1) is 5.41 Å². The second-order valence-corrected chi connectivity index (χ2v) is 8.66. The number of aliphatic hydroxyl groups is 1. The Hall–Kier alpha value is -0.810. The zero-order valence-electron chi connectivity index (χ0n) is 15.8. The van der Waals surface area contributed by atoms with Gasteiger partial charge in [0.1, 0.15) is 5.60 Å². The Balaban J connectivity index is 2.66. The summed E-state index contributed by atoms with van der Waals surface area (Å²) in [5.74, 6) is 0. The molecule has 5 nitrogen and oxygen atoms in total. The fraction of sp³-hybridized carbons (Fsp3) is 0.944. The summed E-state index contributed by atoms with van der Waals surface area (Å²) in [6.07, 6.45) is 3.70. The minimum atomic E-state index is -0.461. The van der Waals surface area contributed by atoms with E-state index in [1.165, 1.54) is 0 Å². The van der Waals surface area contributed by atoms with Gasteiger partial charge in [-0.3, -0.25) is 0 Å². The highest BCUT2D eigenvalue weighted by Crippen LogP contribution is 2.24. The molecule has 0 aromatic rings. The third-order valence-corrected chi connectivity index (χ3v) is 4.32. The molecule has 2 atom stereocenters. The molecule has 1 rings (SSSR count). The molecule has 1 aliphatic rings. The first kappa shape index (κ1) is 20.2. The molecule has 2 N–H and O–H groups in total. The van der Waals surface area contributed by atoms with Crippen LogP contribution in [0.4, 0.5) is 4.79 Å². The van der Waals surface area contributed by atoms with E-state index in [0.717, 1.165) is 38.8 Å². The molecule has 0 aromatic heterocycles. The Labute approximate surface area is 141 Å². The number of aliphatic hydroxyl groups excluding tert-OH is 1. The quantitative estimate of drug-likeness (QED) is 0.814. The van der Waals surface area contributed by atoms with Gasteiger partial charge in [0.05, 0.1) is 0 Å². The zero-order valence-corrected chi connectivity index (χ0v) is 15.8. The highest BCUT2D eigenvalue weighted by Gasteiger charge is 2.32. The van der Waals surface area contributed by atoms with Gasteiger partial charge < -0.3 is 20.1 Å². The van der Waals surface area contributed by atoms with Gasteiger partial charge >= 0.3 is 6.09 Å². The van der Waals surface area contributed by atoms with E-state index >= 15 is 0 Å². The van der Waals surface area contributed by atoms with E-state index in [9.17, 15) is 9.90 Å². The number of hydrogen-bond donors (Lipinski definition) is 2. The molecule has 0 aliphatic carbocycles. The molecule has 0 spiro atoms. The molecule has 2 unspecified atom stereocenters. The smallest absolute Gasteiger partial charge is 0.410 e. The van der Waals surface area contributed by atoms with Gasteiger partial charge in [0, 0.05) is 31.8 Å². The zero-order chi connectivity index (χ0) is 17.7. The Morgan fingerprint density at radius 3 is 2.43 bits per heavy atom. The lowest BCUT2D eigenvalue weighted by molar-refractivity contribution is 0.00903. The van der Waals surface area contributed by atoms with Gasteiger partial charge in [-0.25, -0.2) is 4.79 Å². The fourth-order valence-electron chi connectivity index (χ4n) is 3.02. The number of rotatable bonds is 5. The molecular weight excluding hydrogens is 292 g/mol. The van der Waals surface area contributed by atoms with Crippen LogP contribution in [0.25, 0.3) is 0 Å². The molecule has 5 heteroatoms. The first-order valence-electron chi connectivity index (χ1n) is 8.88. The molecule has 136 valence electrons. The number of nitrogens with zero attached hydrogens (tertiary/aromatic N) is 1. The van der Waals surface area contributed by atoms with Crippen molar-refractivity contribution in [3.8, 4) is 0 Å². The topological polar surface area (TPSA) is 61.8 Å². The van der Waals surface area contributed by atoms with E-state index in [2.05, 4.69) is 26.1 Å². The molecule has 0 radical (unpaired) electrons. The van der Waals surface area contributed by atoms with Crippen molar-refractivity contribution in [3.63, 3.8) is 0 Å². The van der Waals surface area contributed by atoms with Gasteiger partial charge in [-0.05, 0) is 51.9 Å². The van der Waals surface area contributed by atoms with Crippen LogP contribution in [0.5, 0.6) is 0 Å². The van der Waals surface area contributed by atoms with E-state index in [4.69, 9.17) is 4.74 Å². The summed E-state index contributed by atoms with van der Waals surface area (Å²) in [5.41, 5.74) is -0.383. The highest BCUT2D eigenvalue weighted by molar-refractivity contribution is 5.68. The summed E-state index contributed by atoms with van der Waals surface area (Å²) >= 11 is 0. The molecule has 0 bridgehead atoms. The van der Waals surface area contributed by atoms with Crippen LogP contribution in [0.2, 0.25) is 0 Å². The number of piperidine rings is 1. The Morgan fingerprint density at radius 2 is 1.91 bits per heavy atom. The number of amides is 1. The van der Waals surface area contributed by atoms with Gasteiger partial charge in [-0.2, -0.15) is 0 Å². The Bertz CT molecular complexity index is 371. The van der Waals surface area contributed by atoms with E-state index in [1.54, 1.807) is 0 Å². The largest absolute Gasteiger partial charge is 0.444 e. The lowest BCUT2D eigenvalue weighted by atomic mass is 9.84. The molecule has 1 fully saturated rings. The number of carbonyl (C=O) groups is 1. The first-order chi connectivity index (χ1) is 10.5. The first-order valence-corrected chi connectivity index (χ1v) is 8.88. The standard InChI is InChI=1S/C18H36N2O3/c1-17(2,3)15(10-12-21)19-13-14-9-7-8-11-20(14)16(22)23-18(4,5)6/h14-15,19,21H,7-13H2,1-6H3. The fourth-order valence-corrected chi connectivity index (χ4v) is 3.02. The van der Waals surface area contributed by atoms with E-state index in [-0.39, 0.29) is 30.2 Å². The maximum Gasteiger partial charge on any atom is 0.410 e. The molecule has 1 amide bonds. The highest BCUT2D eigenvalue weighted by atomic mass is 16.6. The molecule has 23 heavy (non-hydrogen) atoms. The number of nitrogens with one attached hydrogen (secondary N) is 1. The number of likely N-dealkylation sites (tertiary alicyclic amines) is 1. The minimum Gasteiger partial charge on any atom is -0.444 e. The van der Waals surface area contributed by atoms with Crippen molar-refractivity contribution in [2.45, 2.75) is 84.9 Å². The second-order valence-electron chi connectivity index (χ2n) is 8.66. The van der Waals surface area contributed by atoms with Crippen LogP contribution in [0.15, 0.2) is 0 Å². The summed E-state index contributed by atoms with van der Waals surface area (Å²) in [6, 6.07) is 0.400. The molecule has 0 saturated carbocycles. The minimum absolute atomic E-state index is 0.0775. The molecule has 1 aliphatic heterocycles. The van der Waals surface area contributed by atoms with Gasteiger partial charge in [0.2, 0.25) is 0 Å². The predicted octanol–water partition coefficient (Wildman–Crippen LogP) is 3.16. The summed E-state index contributed by atoms with van der Waals surface area (Å²) < 4.78 is 5.55. The van der Waals surface area contributed by atoms with E-state index in [1.807, 2.05) is 25.7 Å². The summed E-state index contributed by atoms with van der Waals surface area (Å²) in [7, 11) is 0. The third-order valence-electron chi connectivity index (χ3n) is 4.32. The van der Waals surface area contributed by atoms with Gasteiger partial charge in [-0.1, -0.05) is 20.8 Å². The Kier molecular flexibility index (Phi) is 7.33. The average Bonchev–Trinajstić information content (AvgIpc) is 2.40. The van der Waals surface area contributed by atoms with Crippen molar-refractivity contribution in [2.24, 2.45) is 5.41 Å². The molecular formula is C18H36N2O3. The average molecular weight is 328 g/mol. The maximum absolute atomic E-state index is 12.4. The number of hydrogen-bond acceptors (Lipinski definition) is 4. The van der Waals surface area contributed by atoms with Gasteiger partial charge in [0.15, 0.2) is 0 Å². The maximum atomic E-state index is 12.4. The lowest BCUT2D eigenvalue weighted by Gasteiger charge is -2.39. The lowest BCUT2D eigenvalue weighted by Crippen LogP contribution is -2.53. The molecule has 1 saturated heterocycles. The van der Waals surface area contributed by atoms with Crippen molar-refractivity contribution in [3.05, 3.63) is 0 Å².